The van der Waals surface area contributed by atoms with E-state index in [-0.39, 0.29) is 23.8 Å². The van der Waals surface area contributed by atoms with E-state index >= 15 is 0 Å². The predicted molar refractivity (Wildman–Crippen MR) is 140 cm³/mol. The summed E-state index contributed by atoms with van der Waals surface area (Å²) in [5, 5.41) is 0. The number of rotatable bonds is 9. The molecule has 1 saturated heterocycles. The summed E-state index contributed by atoms with van der Waals surface area (Å²) in [6.45, 7) is 8.04. The molecule has 1 fully saturated rings. The van der Waals surface area contributed by atoms with Crippen molar-refractivity contribution in [2.24, 2.45) is 5.92 Å². The Morgan fingerprint density at radius 1 is 0.889 bits per heavy atom. The molecule has 2 heterocycles. The van der Waals surface area contributed by atoms with Gasteiger partial charge in [0.2, 0.25) is 5.91 Å². The molecular weight excluding hydrogens is 450 g/mol. The largest absolute Gasteiger partial charge is 0.340 e. The second-order valence-electron chi connectivity index (χ2n) is 9.63. The van der Waals surface area contributed by atoms with Gasteiger partial charge < -0.3 is 9.80 Å². The molecule has 0 N–H and O–H groups in total. The minimum absolute atomic E-state index is 0.0892. The Labute approximate surface area is 213 Å². The summed E-state index contributed by atoms with van der Waals surface area (Å²) >= 11 is 0. The number of hydrogen-bond donors (Lipinski definition) is 0. The van der Waals surface area contributed by atoms with Crippen molar-refractivity contribution in [3.05, 3.63) is 96.1 Å². The van der Waals surface area contributed by atoms with Gasteiger partial charge in [0.15, 0.2) is 0 Å². The first-order chi connectivity index (χ1) is 17.5. The minimum Gasteiger partial charge on any atom is -0.340 e. The first-order valence-electron chi connectivity index (χ1n) is 12.7. The van der Waals surface area contributed by atoms with Crippen LogP contribution < -0.4 is 0 Å². The quantitative estimate of drug-likeness (QED) is 0.460. The van der Waals surface area contributed by atoms with Crippen LogP contribution in [0.15, 0.2) is 79.3 Å². The van der Waals surface area contributed by atoms with Gasteiger partial charge in [0.05, 0.1) is 12.2 Å². The van der Waals surface area contributed by atoms with Crippen molar-refractivity contribution < 1.29 is 9.59 Å². The molecule has 3 aromatic rings. The van der Waals surface area contributed by atoms with Gasteiger partial charge in [-0.15, -0.1) is 0 Å². The third-order valence-electron chi connectivity index (χ3n) is 6.51. The van der Waals surface area contributed by atoms with E-state index in [0.717, 1.165) is 13.1 Å². The highest BCUT2D eigenvalue weighted by Crippen LogP contribution is 2.29. The number of hydrogen-bond acceptors (Lipinski definition) is 5. The summed E-state index contributed by atoms with van der Waals surface area (Å²) in [7, 11) is 0. The summed E-state index contributed by atoms with van der Waals surface area (Å²) in [4.78, 5) is 40.3. The summed E-state index contributed by atoms with van der Waals surface area (Å²) in [5.74, 6) is 0.200. The highest BCUT2D eigenvalue weighted by molar-refractivity contribution is 5.92. The molecule has 0 saturated carbocycles. The van der Waals surface area contributed by atoms with Crippen LogP contribution >= 0.6 is 0 Å². The van der Waals surface area contributed by atoms with Crippen LogP contribution in [0.2, 0.25) is 0 Å². The van der Waals surface area contributed by atoms with Crippen molar-refractivity contribution >= 4 is 11.8 Å². The monoisotopic (exact) mass is 485 g/mol. The Hall–Kier alpha value is -3.58. The molecule has 2 aromatic carbocycles. The number of nitrogens with zero attached hydrogens (tertiary/aromatic N) is 5. The lowest BCUT2D eigenvalue weighted by molar-refractivity contribution is -0.133. The van der Waals surface area contributed by atoms with E-state index in [1.807, 2.05) is 17.0 Å². The normalized spacial score (nSPS) is 14.3. The maximum absolute atomic E-state index is 13.1. The molecule has 7 nitrogen and oxygen atoms in total. The van der Waals surface area contributed by atoms with E-state index in [0.29, 0.717) is 38.3 Å². The molecule has 7 heteroatoms. The Morgan fingerprint density at radius 3 is 2.03 bits per heavy atom. The third kappa shape index (κ3) is 6.55. The number of aromatic nitrogens is 2. The van der Waals surface area contributed by atoms with Crippen molar-refractivity contribution in [3.63, 3.8) is 0 Å². The summed E-state index contributed by atoms with van der Waals surface area (Å²) < 4.78 is 0. The zero-order valence-electron chi connectivity index (χ0n) is 21.2. The zero-order valence-corrected chi connectivity index (χ0v) is 21.2. The van der Waals surface area contributed by atoms with Gasteiger partial charge in [0.25, 0.3) is 5.91 Å². The highest BCUT2D eigenvalue weighted by Gasteiger charge is 2.28. The molecular formula is C29H35N5O2. The van der Waals surface area contributed by atoms with E-state index in [2.05, 4.69) is 77.2 Å². The van der Waals surface area contributed by atoms with Crippen molar-refractivity contribution in [2.75, 3.05) is 39.3 Å². The Kier molecular flexibility index (Phi) is 8.79. The molecule has 36 heavy (non-hydrogen) atoms. The molecule has 1 aromatic heterocycles. The molecule has 0 radical (unpaired) electrons. The highest BCUT2D eigenvalue weighted by atomic mass is 16.2. The van der Waals surface area contributed by atoms with Gasteiger partial charge in [-0.25, -0.2) is 4.98 Å². The van der Waals surface area contributed by atoms with Gasteiger partial charge in [-0.2, -0.15) is 0 Å². The fourth-order valence-electron chi connectivity index (χ4n) is 4.79. The fraction of sp³-hybridized carbons (Fsp3) is 0.379. The summed E-state index contributed by atoms with van der Waals surface area (Å²) in [6.07, 6.45) is 4.85. The third-order valence-corrected chi connectivity index (χ3v) is 6.51. The molecule has 0 atom stereocenters. The lowest BCUT2D eigenvalue weighted by Gasteiger charge is -2.40. The first-order valence-corrected chi connectivity index (χ1v) is 12.7. The van der Waals surface area contributed by atoms with Crippen LogP contribution in [0.1, 0.15) is 47.9 Å². The molecule has 0 unspecified atom stereocenters. The van der Waals surface area contributed by atoms with E-state index in [1.54, 1.807) is 11.1 Å². The lowest BCUT2D eigenvalue weighted by atomic mass is 9.96. The van der Waals surface area contributed by atoms with E-state index in [1.165, 1.54) is 23.5 Å². The van der Waals surface area contributed by atoms with Gasteiger partial charge in [-0.3, -0.25) is 19.5 Å². The maximum Gasteiger partial charge on any atom is 0.274 e. The number of piperazine rings is 1. The summed E-state index contributed by atoms with van der Waals surface area (Å²) in [6, 6.07) is 21.3. The number of carbonyl (C=O) groups is 2. The smallest absolute Gasteiger partial charge is 0.274 e. The van der Waals surface area contributed by atoms with Crippen LogP contribution in [0.5, 0.6) is 0 Å². The van der Waals surface area contributed by atoms with Gasteiger partial charge in [0.1, 0.15) is 5.69 Å². The Balaban J connectivity index is 1.37. The van der Waals surface area contributed by atoms with Crippen LogP contribution in [-0.2, 0) is 4.79 Å². The molecule has 2 amide bonds. The second-order valence-corrected chi connectivity index (χ2v) is 9.63. The molecule has 0 aliphatic carbocycles. The van der Waals surface area contributed by atoms with Crippen molar-refractivity contribution in [1.29, 1.82) is 0 Å². The Morgan fingerprint density at radius 2 is 1.50 bits per heavy atom. The minimum atomic E-state index is -0.178. The molecule has 1 aliphatic rings. The number of benzene rings is 2. The van der Waals surface area contributed by atoms with Gasteiger partial charge in [-0.1, -0.05) is 74.5 Å². The molecule has 1 aliphatic heterocycles. The molecule has 0 spiro atoms. The Bertz CT molecular complexity index is 1060. The first kappa shape index (κ1) is 25.5. The van der Waals surface area contributed by atoms with Crippen LogP contribution in [-0.4, -0.2) is 75.8 Å². The van der Waals surface area contributed by atoms with Crippen molar-refractivity contribution in [2.45, 2.75) is 26.3 Å². The van der Waals surface area contributed by atoms with Gasteiger partial charge >= 0.3 is 0 Å². The predicted octanol–water partition coefficient (Wildman–Crippen LogP) is 3.90. The van der Waals surface area contributed by atoms with Gasteiger partial charge in [-0.05, 0) is 17.0 Å². The average Bonchev–Trinajstić information content (AvgIpc) is 2.92. The standard InChI is InChI=1S/C29H35N5O2/c1-23(2)22-34(29(36)26-21-30-14-15-31-26)16-13-27(35)32-17-19-33(20-18-32)28(24-9-5-3-6-10-24)25-11-7-4-8-12-25/h3-12,14-15,21,23,28H,13,16-20,22H2,1-2H3. The number of amides is 2. The zero-order chi connectivity index (χ0) is 25.3. The van der Waals surface area contributed by atoms with Crippen LogP contribution in [0.3, 0.4) is 0 Å². The topological polar surface area (TPSA) is 69.6 Å². The van der Waals surface area contributed by atoms with Crippen LogP contribution in [0.4, 0.5) is 0 Å². The van der Waals surface area contributed by atoms with Crippen molar-refractivity contribution in [1.82, 2.24) is 24.7 Å². The van der Waals surface area contributed by atoms with E-state index in [4.69, 9.17) is 0 Å². The van der Waals surface area contributed by atoms with E-state index in [9.17, 15) is 9.59 Å². The van der Waals surface area contributed by atoms with Gasteiger partial charge in [0, 0.05) is 58.1 Å². The second kappa shape index (κ2) is 12.4. The maximum atomic E-state index is 13.1. The molecule has 0 bridgehead atoms. The SMILES string of the molecule is CC(C)CN(CCC(=O)N1CCN(C(c2ccccc2)c2ccccc2)CC1)C(=O)c1cnccn1. The molecule has 188 valence electrons. The number of carbonyl (C=O) groups excluding carboxylic acids is 2. The molecule has 4 rings (SSSR count). The van der Waals surface area contributed by atoms with Crippen LogP contribution in [0.25, 0.3) is 0 Å². The van der Waals surface area contributed by atoms with E-state index < -0.39 is 0 Å². The van der Waals surface area contributed by atoms with Crippen LogP contribution in [0, 0.1) is 5.92 Å². The fourth-order valence-corrected chi connectivity index (χ4v) is 4.79. The lowest BCUT2D eigenvalue weighted by Crippen LogP contribution is -2.50. The summed E-state index contributed by atoms with van der Waals surface area (Å²) in [5.41, 5.74) is 2.83. The van der Waals surface area contributed by atoms with Crippen molar-refractivity contribution in [3.8, 4) is 0 Å². The average molecular weight is 486 g/mol.